The molecule has 202 valence electrons. The largest absolute Gasteiger partial charge is 0.494 e. The van der Waals surface area contributed by atoms with Gasteiger partial charge in [-0.25, -0.2) is 9.29 Å². The summed E-state index contributed by atoms with van der Waals surface area (Å²) in [7, 11) is 2.15. The van der Waals surface area contributed by atoms with Crippen molar-refractivity contribution in [2.75, 3.05) is 51.3 Å². The molecule has 2 heterocycles. The first-order chi connectivity index (χ1) is 18.9. The number of benzene rings is 3. The molecule has 0 atom stereocenters. The SMILES string of the molecule is CN1CCN(CCCOc2ccc(N3C(=O)S/C(=C\c4ccc(Oc5ccc(F)cc5)cc4)C3=O)cc2)CC1. The van der Waals surface area contributed by atoms with Crippen LogP contribution in [0.5, 0.6) is 17.2 Å². The number of likely N-dealkylation sites (N-methyl/N-ethyl adjacent to an activating group) is 1. The fourth-order valence-corrected chi connectivity index (χ4v) is 5.19. The number of thioether (sulfide) groups is 1. The van der Waals surface area contributed by atoms with E-state index >= 15 is 0 Å². The molecule has 0 spiro atoms. The van der Waals surface area contributed by atoms with E-state index in [2.05, 4.69) is 16.8 Å². The van der Waals surface area contributed by atoms with E-state index < -0.39 is 0 Å². The summed E-state index contributed by atoms with van der Waals surface area (Å²) in [6.45, 7) is 6.02. The van der Waals surface area contributed by atoms with Crippen molar-refractivity contribution in [3.05, 3.63) is 89.1 Å². The van der Waals surface area contributed by atoms with Crippen LogP contribution in [-0.4, -0.2) is 67.3 Å². The standard InChI is InChI=1S/C30H30FN3O4S/c1-32-16-18-33(19-17-32)15-2-20-37-25-13-7-24(8-14-25)34-29(35)28(39-30(34)36)21-22-3-9-26(10-4-22)38-27-11-5-23(31)6-12-27/h3-14,21H,2,15-20H2,1H3/b28-21-. The molecule has 0 bridgehead atoms. The number of rotatable bonds is 9. The molecule has 0 saturated carbocycles. The Labute approximate surface area is 231 Å². The van der Waals surface area contributed by atoms with E-state index in [1.807, 2.05) is 0 Å². The number of imide groups is 1. The average molecular weight is 548 g/mol. The summed E-state index contributed by atoms with van der Waals surface area (Å²) in [6, 6.07) is 19.9. The fraction of sp³-hybridized carbons (Fsp3) is 0.267. The van der Waals surface area contributed by atoms with Gasteiger partial charge in [-0.2, -0.15) is 0 Å². The molecule has 0 aromatic heterocycles. The van der Waals surface area contributed by atoms with Gasteiger partial charge in [0.05, 0.1) is 17.2 Å². The lowest BCUT2D eigenvalue weighted by Gasteiger charge is -2.32. The van der Waals surface area contributed by atoms with Crippen LogP contribution < -0.4 is 14.4 Å². The Morgan fingerprint density at radius 1 is 0.846 bits per heavy atom. The smallest absolute Gasteiger partial charge is 0.298 e. The van der Waals surface area contributed by atoms with Crippen LogP contribution in [0.3, 0.4) is 0 Å². The van der Waals surface area contributed by atoms with Crippen molar-refractivity contribution in [2.24, 2.45) is 0 Å². The molecule has 9 heteroatoms. The van der Waals surface area contributed by atoms with E-state index in [1.165, 1.54) is 17.0 Å². The van der Waals surface area contributed by atoms with Crippen LogP contribution >= 0.6 is 11.8 Å². The molecule has 2 aliphatic heterocycles. The van der Waals surface area contributed by atoms with Gasteiger partial charge < -0.3 is 19.3 Å². The van der Waals surface area contributed by atoms with Crippen LogP contribution in [0.25, 0.3) is 6.08 Å². The predicted octanol–water partition coefficient (Wildman–Crippen LogP) is 5.88. The maximum atomic E-state index is 13.1. The van der Waals surface area contributed by atoms with Gasteiger partial charge >= 0.3 is 0 Å². The molecule has 2 fully saturated rings. The first-order valence-electron chi connectivity index (χ1n) is 12.9. The maximum Gasteiger partial charge on any atom is 0.298 e. The summed E-state index contributed by atoms with van der Waals surface area (Å²) in [5.41, 5.74) is 1.26. The minimum absolute atomic E-state index is 0.330. The third-order valence-electron chi connectivity index (χ3n) is 6.60. The van der Waals surface area contributed by atoms with Crippen molar-refractivity contribution in [3.8, 4) is 17.2 Å². The number of ether oxygens (including phenoxy) is 2. The third-order valence-corrected chi connectivity index (χ3v) is 7.47. The van der Waals surface area contributed by atoms with E-state index in [1.54, 1.807) is 66.7 Å². The molecule has 5 rings (SSSR count). The number of hydrogen-bond donors (Lipinski definition) is 0. The minimum atomic E-state index is -0.363. The first kappa shape index (κ1) is 26.9. The van der Waals surface area contributed by atoms with E-state index in [-0.39, 0.29) is 17.0 Å². The Balaban J connectivity index is 1.14. The topological polar surface area (TPSA) is 62.3 Å². The van der Waals surface area contributed by atoms with Gasteiger partial charge in [0.2, 0.25) is 0 Å². The number of nitrogens with zero attached hydrogens (tertiary/aromatic N) is 3. The summed E-state index contributed by atoms with van der Waals surface area (Å²) in [5, 5.41) is -0.344. The predicted molar refractivity (Wildman–Crippen MR) is 152 cm³/mol. The number of piperazine rings is 1. The van der Waals surface area contributed by atoms with Crippen molar-refractivity contribution < 1.29 is 23.5 Å². The van der Waals surface area contributed by atoms with Crippen LogP contribution in [0.1, 0.15) is 12.0 Å². The molecule has 0 N–H and O–H groups in total. The molecule has 0 aliphatic carbocycles. The summed E-state index contributed by atoms with van der Waals surface area (Å²) in [5.74, 6) is 1.11. The van der Waals surface area contributed by atoms with E-state index in [0.29, 0.717) is 34.4 Å². The molecule has 0 unspecified atom stereocenters. The van der Waals surface area contributed by atoms with Crippen molar-refractivity contribution in [3.63, 3.8) is 0 Å². The van der Waals surface area contributed by atoms with E-state index in [4.69, 9.17) is 9.47 Å². The highest BCUT2D eigenvalue weighted by atomic mass is 32.2. The van der Waals surface area contributed by atoms with Gasteiger partial charge in [-0.1, -0.05) is 12.1 Å². The fourth-order valence-electron chi connectivity index (χ4n) is 4.35. The maximum absolute atomic E-state index is 13.1. The molecule has 3 aromatic rings. The van der Waals surface area contributed by atoms with Gasteiger partial charge in [0.25, 0.3) is 11.1 Å². The van der Waals surface area contributed by atoms with Crippen LogP contribution in [0, 0.1) is 5.82 Å². The quantitative estimate of drug-likeness (QED) is 0.245. The Morgan fingerprint density at radius 2 is 1.46 bits per heavy atom. The second-order valence-corrected chi connectivity index (χ2v) is 10.5. The Morgan fingerprint density at radius 3 is 2.13 bits per heavy atom. The van der Waals surface area contributed by atoms with E-state index in [0.717, 1.165) is 56.5 Å². The molecule has 0 radical (unpaired) electrons. The Bertz CT molecular complexity index is 1320. The molecule has 2 amide bonds. The van der Waals surface area contributed by atoms with Crippen LogP contribution in [0.4, 0.5) is 14.9 Å². The molecular weight excluding hydrogens is 517 g/mol. The van der Waals surface area contributed by atoms with Crippen molar-refractivity contribution in [1.29, 1.82) is 0 Å². The van der Waals surface area contributed by atoms with Gasteiger partial charge in [-0.15, -0.1) is 0 Å². The lowest BCUT2D eigenvalue weighted by atomic mass is 10.2. The molecule has 39 heavy (non-hydrogen) atoms. The van der Waals surface area contributed by atoms with Gasteiger partial charge in [0.15, 0.2) is 0 Å². The van der Waals surface area contributed by atoms with E-state index in [9.17, 15) is 14.0 Å². The third kappa shape index (κ3) is 7.06. The highest BCUT2D eigenvalue weighted by Gasteiger charge is 2.36. The Hall–Kier alpha value is -3.66. The zero-order chi connectivity index (χ0) is 27.2. The second-order valence-electron chi connectivity index (χ2n) is 9.48. The normalized spacial score (nSPS) is 17.7. The van der Waals surface area contributed by atoms with Gasteiger partial charge in [0.1, 0.15) is 23.1 Å². The Kier molecular flexibility index (Phi) is 8.61. The number of carbonyl (C=O) groups excluding carboxylic acids is 2. The summed E-state index contributed by atoms with van der Waals surface area (Å²) < 4.78 is 24.7. The number of hydrogen-bond acceptors (Lipinski definition) is 7. The number of carbonyl (C=O) groups is 2. The monoisotopic (exact) mass is 547 g/mol. The zero-order valence-corrected chi connectivity index (χ0v) is 22.5. The second kappa shape index (κ2) is 12.5. The van der Waals surface area contributed by atoms with Gasteiger partial charge in [0, 0.05) is 32.7 Å². The number of halogens is 1. The molecule has 3 aromatic carbocycles. The number of amides is 2. The first-order valence-corrected chi connectivity index (χ1v) is 13.7. The zero-order valence-electron chi connectivity index (χ0n) is 21.7. The number of anilines is 1. The van der Waals surface area contributed by atoms with Crippen LogP contribution in [0.2, 0.25) is 0 Å². The van der Waals surface area contributed by atoms with Crippen molar-refractivity contribution >= 4 is 34.7 Å². The summed E-state index contributed by atoms with van der Waals surface area (Å²) in [6.07, 6.45) is 2.63. The molecule has 7 nitrogen and oxygen atoms in total. The lowest BCUT2D eigenvalue weighted by molar-refractivity contribution is -0.113. The van der Waals surface area contributed by atoms with Gasteiger partial charge in [-0.05, 0) is 97.5 Å². The van der Waals surface area contributed by atoms with Crippen LogP contribution in [-0.2, 0) is 4.79 Å². The molecule has 2 aliphatic rings. The summed E-state index contributed by atoms with van der Waals surface area (Å²) in [4.78, 5) is 32.0. The summed E-state index contributed by atoms with van der Waals surface area (Å²) >= 11 is 0.907. The lowest BCUT2D eigenvalue weighted by Crippen LogP contribution is -2.44. The average Bonchev–Trinajstić information content (AvgIpc) is 3.22. The highest BCUT2D eigenvalue weighted by molar-refractivity contribution is 8.19. The highest BCUT2D eigenvalue weighted by Crippen LogP contribution is 2.36. The molecular formula is C30H30FN3O4S. The minimum Gasteiger partial charge on any atom is -0.494 e. The van der Waals surface area contributed by atoms with Crippen molar-refractivity contribution in [2.45, 2.75) is 6.42 Å². The van der Waals surface area contributed by atoms with Crippen molar-refractivity contribution in [1.82, 2.24) is 9.80 Å². The van der Waals surface area contributed by atoms with Gasteiger partial charge in [-0.3, -0.25) is 9.59 Å². The molecule has 2 saturated heterocycles. The van der Waals surface area contributed by atoms with Crippen LogP contribution in [0.15, 0.2) is 77.7 Å².